The zero-order valence-corrected chi connectivity index (χ0v) is 18.1. The number of benzene rings is 2. The quantitative estimate of drug-likeness (QED) is 0.570. The van der Waals surface area contributed by atoms with Gasteiger partial charge in [0.05, 0.1) is 16.5 Å². The highest BCUT2D eigenvalue weighted by Gasteiger charge is 2.36. The molecule has 2 heterocycles. The van der Waals surface area contributed by atoms with Crippen LogP contribution in [0.4, 0.5) is 4.39 Å². The predicted molar refractivity (Wildman–Crippen MR) is 115 cm³/mol. The van der Waals surface area contributed by atoms with E-state index in [1.54, 1.807) is 18.2 Å². The maximum atomic E-state index is 14.3. The van der Waals surface area contributed by atoms with Crippen molar-refractivity contribution in [3.8, 4) is 0 Å². The Morgan fingerprint density at radius 2 is 2.03 bits per heavy atom. The molecule has 0 radical (unpaired) electrons. The van der Waals surface area contributed by atoms with Crippen molar-refractivity contribution in [2.45, 2.75) is 25.9 Å². The van der Waals surface area contributed by atoms with Gasteiger partial charge >= 0.3 is 0 Å². The Morgan fingerprint density at radius 1 is 1.28 bits per heavy atom. The van der Waals surface area contributed by atoms with Crippen LogP contribution in [0.1, 0.15) is 27.2 Å². The largest absolute Gasteiger partial charge is 0.329 e. The van der Waals surface area contributed by atoms with Crippen LogP contribution in [0.3, 0.4) is 0 Å². The van der Waals surface area contributed by atoms with E-state index in [-0.39, 0.29) is 24.0 Å². The third-order valence-corrected chi connectivity index (χ3v) is 8.58. The van der Waals surface area contributed by atoms with E-state index in [1.807, 2.05) is 25.1 Å². The normalized spacial score (nSPS) is 18.2. The molecule has 0 saturated carbocycles. The number of halogens is 2. The van der Waals surface area contributed by atoms with Gasteiger partial charge < -0.3 is 4.90 Å². The van der Waals surface area contributed by atoms with Crippen LogP contribution >= 0.6 is 22.9 Å². The molecule has 1 aromatic heterocycles. The molecule has 0 N–H and O–H groups in total. The van der Waals surface area contributed by atoms with Crippen molar-refractivity contribution < 1.29 is 17.6 Å². The van der Waals surface area contributed by atoms with Gasteiger partial charge in [0.25, 0.3) is 5.91 Å². The standard InChI is InChI=1S/C21H19ClFNO3S2/c1-13-6-7-16-18(10-13)28-20(19(16)22)21(25)24(15-8-9-29(26,27)12-15)11-14-4-2-3-5-17(14)23/h2-7,10,15H,8-9,11-12H2,1H3. The van der Waals surface area contributed by atoms with Gasteiger partial charge in [-0.05, 0) is 31.0 Å². The van der Waals surface area contributed by atoms with E-state index in [2.05, 4.69) is 0 Å². The number of fused-ring (bicyclic) bond motifs is 1. The first-order chi connectivity index (χ1) is 13.7. The van der Waals surface area contributed by atoms with E-state index in [1.165, 1.54) is 22.3 Å². The minimum absolute atomic E-state index is 0.00467. The number of nitrogens with zero attached hydrogens (tertiary/aromatic N) is 1. The number of hydrogen-bond donors (Lipinski definition) is 0. The van der Waals surface area contributed by atoms with Gasteiger partial charge in [0, 0.05) is 28.2 Å². The molecule has 1 saturated heterocycles. The van der Waals surface area contributed by atoms with Crippen LogP contribution in [0.15, 0.2) is 42.5 Å². The zero-order chi connectivity index (χ0) is 20.8. The van der Waals surface area contributed by atoms with Crippen molar-refractivity contribution in [3.63, 3.8) is 0 Å². The number of hydrogen-bond acceptors (Lipinski definition) is 4. The molecule has 0 spiro atoms. The highest BCUT2D eigenvalue weighted by Crippen LogP contribution is 2.37. The molecule has 1 unspecified atom stereocenters. The van der Waals surface area contributed by atoms with Crippen LogP contribution in [-0.4, -0.2) is 36.8 Å². The van der Waals surface area contributed by atoms with E-state index >= 15 is 0 Å². The molecule has 4 nitrogen and oxygen atoms in total. The van der Waals surface area contributed by atoms with Gasteiger partial charge in [0.1, 0.15) is 10.7 Å². The van der Waals surface area contributed by atoms with Crippen molar-refractivity contribution >= 4 is 48.8 Å². The summed E-state index contributed by atoms with van der Waals surface area (Å²) in [5.74, 6) is -0.879. The van der Waals surface area contributed by atoms with Crippen molar-refractivity contribution in [2.75, 3.05) is 11.5 Å². The Morgan fingerprint density at radius 3 is 2.72 bits per heavy atom. The summed E-state index contributed by atoms with van der Waals surface area (Å²) in [4.78, 5) is 15.3. The lowest BCUT2D eigenvalue weighted by Gasteiger charge is -2.28. The Bertz CT molecular complexity index is 1210. The smallest absolute Gasteiger partial charge is 0.266 e. The van der Waals surface area contributed by atoms with Crippen LogP contribution in [-0.2, 0) is 16.4 Å². The molecule has 29 heavy (non-hydrogen) atoms. The fourth-order valence-corrected chi connectivity index (χ4v) is 6.94. The number of sulfone groups is 1. The second-order valence-corrected chi connectivity index (χ2v) is 11.0. The van der Waals surface area contributed by atoms with Gasteiger partial charge in [0.2, 0.25) is 0 Å². The first-order valence-corrected chi connectivity index (χ1v) is 12.2. The number of carbonyl (C=O) groups is 1. The predicted octanol–water partition coefficient (Wildman–Crippen LogP) is 4.83. The van der Waals surface area contributed by atoms with Crippen molar-refractivity contribution in [1.29, 1.82) is 0 Å². The van der Waals surface area contributed by atoms with Gasteiger partial charge in [-0.25, -0.2) is 12.8 Å². The summed E-state index contributed by atoms with van der Waals surface area (Å²) in [6, 6.07) is 11.5. The van der Waals surface area contributed by atoms with Crippen LogP contribution in [0.5, 0.6) is 0 Å². The molecular weight excluding hydrogens is 433 g/mol. The lowest BCUT2D eigenvalue weighted by Crippen LogP contribution is -2.40. The van der Waals surface area contributed by atoms with Gasteiger partial charge in [-0.15, -0.1) is 11.3 Å². The van der Waals surface area contributed by atoms with Gasteiger partial charge in [-0.1, -0.05) is 41.9 Å². The van der Waals surface area contributed by atoms with E-state index in [0.29, 0.717) is 21.9 Å². The maximum Gasteiger partial charge on any atom is 0.266 e. The van der Waals surface area contributed by atoms with Crippen LogP contribution in [0.2, 0.25) is 5.02 Å². The summed E-state index contributed by atoms with van der Waals surface area (Å²) in [6.45, 7) is 1.96. The van der Waals surface area contributed by atoms with Gasteiger partial charge in [-0.3, -0.25) is 4.79 Å². The number of rotatable bonds is 4. The van der Waals surface area contributed by atoms with Crippen LogP contribution in [0.25, 0.3) is 10.1 Å². The summed E-state index contributed by atoms with van der Waals surface area (Å²) in [5, 5.41) is 1.14. The zero-order valence-electron chi connectivity index (χ0n) is 15.7. The number of aryl methyl sites for hydroxylation is 1. The molecule has 152 valence electrons. The topological polar surface area (TPSA) is 54.5 Å². The molecule has 1 aliphatic rings. The van der Waals surface area contributed by atoms with Crippen molar-refractivity contribution in [3.05, 3.63) is 69.3 Å². The average Bonchev–Trinajstić information content (AvgIpc) is 3.19. The second-order valence-electron chi connectivity index (χ2n) is 7.33. The molecule has 1 amide bonds. The Kier molecular flexibility index (Phi) is 5.40. The summed E-state index contributed by atoms with van der Waals surface area (Å²) in [5.41, 5.74) is 1.40. The van der Waals surface area contributed by atoms with E-state index < -0.39 is 21.7 Å². The van der Waals surface area contributed by atoms with Gasteiger partial charge in [0.15, 0.2) is 9.84 Å². The molecule has 1 aliphatic heterocycles. The monoisotopic (exact) mass is 451 g/mol. The van der Waals surface area contributed by atoms with E-state index in [0.717, 1.165) is 15.6 Å². The molecular formula is C21H19ClFNO3S2. The van der Waals surface area contributed by atoms with Gasteiger partial charge in [-0.2, -0.15) is 0 Å². The molecule has 0 bridgehead atoms. The number of thiophene rings is 1. The average molecular weight is 452 g/mol. The third kappa shape index (κ3) is 4.04. The Balaban J connectivity index is 1.75. The Labute approximate surface area is 177 Å². The fourth-order valence-electron chi connectivity index (χ4n) is 3.64. The number of amides is 1. The minimum Gasteiger partial charge on any atom is -0.329 e. The summed E-state index contributed by atoms with van der Waals surface area (Å²) >= 11 is 7.80. The molecule has 1 fully saturated rings. The molecule has 0 aliphatic carbocycles. The minimum atomic E-state index is -3.22. The molecule has 8 heteroatoms. The number of carbonyl (C=O) groups excluding carboxylic acids is 1. The first-order valence-electron chi connectivity index (χ1n) is 9.18. The van der Waals surface area contributed by atoms with Crippen LogP contribution < -0.4 is 0 Å². The summed E-state index contributed by atoms with van der Waals surface area (Å²) < 4.78 is 39.2. The second kappa shape index (κ2) is 7.70. The molecule has 1 atom stereocenters. The van der Waals surface area contributed by atoms with Crippen molar-refractivity contribution in [2.24, 2.45) is 0 Å². The lowest BCUT2D eigenvalue weighted by molar-refractivity contribution is 0.0684. The third-order valence-electron chi connectivity index (χ3n) is 5.19. The van der Waals surface area contributed by atoms with E-state index in [4.69, 9.17) is 11.6 Å². The first kappa shape index (κ1) is 20.3. The molecule has 3 aromatic rings. The van der Waals surface area contributed by atoms with E-state index in [9.17, 15) is 17.6 Å². The highest BCUT2D eigenvalue weighted by atomic mass is 35.5. The Hall–Kier alpha value is -1.96. The molecule has 4 rings (SSSR count). The summed E-state index contributed by atoms with van der Waals surface area (Å²) in [7, 11) is -3.22. The fraction of sp³-hybridized carbons (Fsp3) is 0.286. The SMILES string of the molecule is Cc1ccc2c(Cl)c(C(=O)N(Cc3ccccc3F)C3CCS(=O)(=O)C3)sc2c1. The maximum absolute atomic E-state index is 14.3. The summed E-state index contributed by atoms with van der Waals surface area (Å²) in [6.07, 6.45) is 0.337. The van der Waals surface area contributed by atoms with Crippen LogP contribution in [0, 0.1) is 12.7 Å². The highest BCUT2D eigenvalue weighted by molar-refractivity contribution is 7.91. The van der Waals surface area contributed by atoms with Crippen molar-refractivity contribution in [1.82, 2.24) is 4.90 Å². The lowest BCUT2D eigenvalue weighted by atomic mass is 10.1. The molecule has 2 aromatic carbocycles.